The van der Waals surface area contributed by atoms with E-state index in [9.17, 15) is 14.4 Å². The number of fused-ring (bicyclic) bond motifs is 1. The van der Waals surface area contributed by atoms with Crippen molar-refractivity contribution in [3.63, 3.8) is 0 Å². The van der Waals surface area contributed by atoms with E-state index in [4.69, 9.17) is 9.47 Å². The first kappa shape index (κ1) is 21.5. The van der Waals surface area contributed by atoms with Gasteiger partial charge in [0.2, 0.25) is 0 Å². The summed E-state index contributed by atoms with van der Waals surface area (Å²) in [5.41, 5.74) is 2.48. The van der Waals surface area contributed by atoms with Crippen molar-refractivity contribution in [2.75, 3.05) is 18.5 Å². The molecule has 0 aromatic carbocycles. The molecule has 1 N–H and O–H groups in total. The standard InChI is InChI=1S/C21H25NO5S2/c1-4-14-12(3)28-19(18(14)21(25)26-5-2)22-17(23)11-27-20(24)16-10-13-8-6-7-9-15(13)29-16/h10H,4-9,11H2,1-3H3,(H,22,23). The number of hydrogen-bond donors (Lipinski definition) is 1. The number of amides is 1. The summed E-state index contributed by atoms with van der Waals surface area (Å²) in [6.45, 7) is 5.45. The molecular formula is C21H25NO5S2. The minimum Gasteiger partial charge on any atom is -0.462 e. The molecule has 0 unspecified atom stereocenters. The quantitative estimate of drug-likeness (QED) is 0.646. The van der Waals surface area contributed by atoms with Crippen LogP contribution in [0.2, 0.25) is 0 Å². The Morgan fingerprint density at radius 3 is 2.52 bits per heavy atom. The van der Waals surface area contributed by atoms with Crippen molar-refractivity contribution in [1.29, 1.82) is 0 Å². The maximum atomic E-state index is 12.4. The van der Waals surface area contributed by atoms with E-state index < -0.39 is 24.5 Å². The third kappa shape index (κ3) is 4.87. The summed E-state index contributed by atoms with van der Waals surface area (Å²) in [4.78, 5) is 39.7. The van der Waals surface area contributed by atoms with Gasteiger partial charge in [-0.3, -0.25) is 4.79 Å². The van der Waals surface area contributed by atoms with Gasteiger partial charge in [-0.25, -0.2) is 9.59 Å². The van der Waals surface area contributed by atoms with Crippen molar-refractivity contribution >= 4 is 45.5 Å². The number of ether oxygens (including phenoxy) is 2. The molecule has 6 nitrogen and oxygen atoms in total. The molecule has 1 amide bonds. The molecule has 0 bridgehead atoms. The normalized spacial score (nSPS) is 12.9. The van der Waals surface area contributed by atoms with Crippen LogP contribution in [0.3, 0.4) is 0 Å². The van der Waals surface area contributed by atoms with Crippen LogP contribution in [0.1, 0.15) is 67.6 Å². The zero-order chi connectivity index (χ0) is 21.0. The molecule has 8 heteroatoms. The van der Waals surface area contributed by atoms with Gasteiger partial charge in [0.25, 0.3) is 5.91 Å². The maximum absolute atomic E-state index is 12.4. The van der Waals surface area contributed by atoms with Crippen LogP contribution in [0.15, 0.2) is 6.07 Å². The van der Waals surface area contributed by atoms with Gasteiger partial charge >= 0.3 is 11.9 Å². The van der Waals surface area contributed by atoms with Crippen LogP contribution in [-0.2, 0) is 33.5 Å². The van der Waals surface area contributed by atoms with Crippen LogP contribution < -0.4 is 5.32 Å². The van der Waals surface area contributed by atoms with Crippen LogP contribution >= 0.6 is 22.7 Å². The Hall–Kier alpha value is -2.19. The van der Waals surface area contributed by atoms with E-state index >= 15 is 0 Å². The second-order valence-electron chi connectivity index (χ2n) is 6.81. The van der Waals surface area contributed by atoms with Gasteiger partial charge in [-0.1, -0.05) is 6.92 Å². The molecular weight excluding hydrogens is 410 g/mol. The van der Waals surface area contributed by atoms with Gasteiger partial charge in [-0.15, -0.1) is 22.7 Å². The fourth-order valence-electron chi connectivity index (χ4n) is 3.47. The van der Waals surface area contributed by atoms with Crippen LogP contribution in [0, 0.1) is 6.92 Å². The number of thiophene rings is 2. The van der Waals surface area contributed by atoms with E-state index in [1.165, 1.54) is 33.1 Å². The number of aryl methyl sites for hydroxylation is 3. The van der Waals surface area contributed by atoms with Crippen molar-refractivity contribution in [3.05, 3.63) is 37.4 Å². The predicted octanol–water partition coefficient (Wildman–Crippen LogP) is 4.53. The fourth-order valence-corrected chi connectivity index (χ4v) is 5.76. The summed E-state index contributed by atoms with van der Waals surface area (Å²) < 4.78 is 10.3. The summed E-state index contributed by atoms with van der Waals surface area (Å²) in [5.74, 6) is -1.42. The molecule has 0 atom stereocenters. The molecule has 0 spiro atoms. The molecule has 2 aromatic rings. The first-order valence-corrected chi connectivity index (χ1v) is 11.5. The molecule has 0 fully saturated rings. The second kappa shape index (κ2) is 9.54. The Kier molecular flexibility index (Phi) is 7.08. The third-order valence-corrected chi connectivity index (χ3v) is 7.11. The smallest absolute Gasteiger partial charge is 0.348 e. The van der Waals surface area contributed by atoms with Gasteiger partial charge in [0.1, 0.15) is 9.88 Å². The van der Waals surface area contributed by atoms with Crippen molar-refractivity contribution < 1.29 is 23.9 Å². The lowest BCUT2D eigenvalue weighted by Crippen LogP contribution is -2.21. The third-order valence-electron chi connectivity index (χ3n) is 4.83. The Morgan fingerprint density at radius 1 is 1.07 bits per heavy atom. The largest absolute Gasteiger partial charge is 0.462 e. The highest BCUT2D eigenvalue weighted by molar-refractivity contribution is 7.16. The SMILES string of the molecule is CCOC(=O)c1c(NC(=O)COC(=O)c2cc3c(s2)CCCC3)sc(C)c1CC. The molecule has 0 saturated heterocycles. The highest BCUT2D eigenvalue weighted by Crippen LogP contribution is 2.34. The van der Waals surface area contributed by atoms with E-state index in [0.717, 1.165) is 36.1 Å². The average molecular weight is 436 g/mol. The number of nitrogens with one attached hydrogen (secondary N) is 1. The molecule has 1 aliphatic rings. The lowest BCUT2D eigenvalue weighted by atomic mass is 9.99. The lowest BCUT2D eigenvalue weighted by Gasteiger charge is -2.08. The van der Waals surface area contributed by atoms with E-state index in [1.807, 2.05) is 19.9 Å². The molecule has 2 heterocycles. The Labute approximate surface area is 178 Å². The molecule has 29 heavy (non-hydrogen) atoms. The second-order valence-corrected chi connectivity index (χ2v) is 9.17. The monoisotopic (exact) mass is 435 g/mol. The van der Waals surface area contributed by atoms with Crippen LogP contribution in [0.5, 0.6) is 0 Å². The van der Waals surface area contributed by atoms with Crippen molar-refractivity contribution in [3.8, 4) is 0 Å². The summed E-state index contributed by atoms with van der Waals surface area (Å²) in [6.07, 6.45) is 4.94. The minimum absolute atomic E-state index is 0.257. The van der Waals surface area contributed by atoms with Crippen molar-refractivity contribution in [1.82, 2.24) is 0 Å². The van der Waals surface area contributed by atoms with E-state index in [0.29, 0.717) is 21.9 Å². The highest BCUT2D eigenvalue weighted by Gasteiger charge is 2.24. The topological polar surface area (TPSA) is 81.7 Å². The Morgan fingerprint density at radius 2 is 1.83 bits per heavy atom. The Bertz CT molecular complexity index is 904. The van der Waals surface area contributed by atoms with E-state index in [-0.39, 0.29) is 6.61 Å². The van der Waals surface area contributed by atoms with Crippen molar-refractivity contribution in [2.45, 2.75) is 52.9 Å². The number of carbonyl (C=O) groups is 3. The zero-order valence-corrected chi connectivity index (χ0v) is 18.5. The number of carbonyl (C=O) groups excluding carboxylic acids is 3. The Balaban J connectivity index is 1.64. The lowest BCUT2D eigenvalue weighted by molar-refractivity contribution is -0.119. The van der Waals surface area contributed by atoms with Crippen LogP contribution in [0.4, 0.5) is 5.00 Å². The predicted molar refractivity (Wildman–Crippen MR) is 114 cm³/mol. The first-order valence-electron chi connectivity index (χ1n) is 9.82. The molecule has 3 rings (SSSR count). The number of rotatable bonds is 7. The van der Waals surface area contributed by atoms with Crippen molar-refractivity contribution in [2.24, 2.45) is 0 Å². The zero-order valence-electron chi connectivity index (χ0n) is 16.9. The van der Waals surface area contributed by atoms with Gasteiger partial charge in [-0.05, 0) is 63.1 Å². The number of anilines is 1. The molecule has 0 radical (unpaired) electrons. The first-order chi connectivity index (χ1) is 13.9. The number of hydrogen-bond acceptors (Lipinski definition) is 7. The van der Waals surface area contributed by atoms with Crippen LogP contribution in [-0.4, -0.2) is 31.1 Å². The molecule has 0 saturated carbocycles. The minimum atomic E-state index is -0.484. The van der Waals surface area contributed by atoms with Crippen LogP contribution in [0.25, 0.3) is 0 Å². The summed E-state index contributed by atoms with van der Waals surface area (Å²) in [5, 5.41) is 3.14. The highest BCUT2D eigenvalue weighted by atomic mass is 32.1. The van der Waals surface area contributed by atoms with E-state index in [2.05, 4.69) is 5.32 Å². The molecule has 0 aliphatic heterocycles. The molecule has 156 valence electrons. The van der Waals surface area contributed by atoms with Gasteiger partial charge in [0, 0.05) is 9.75 Å². The average Bonchev–Trinajstić information content (AvgIpc) is 3.26. The summed E-state index contributed by atoms with van der Waals surface area (Å²) in [6, 6.07) is 1.88. The summed E-state index contributed by atoms with van der Waals surface area (Å²) >= 11 is 2.78. The van der Waals surface area contributed by atoms with Gasteiger partial charge in [0.15, 0.2) is 6.61 Å². The fraction of sp³-hybridized carbons (Fsp3) is 0.476. The molecule has 1 aliphatic carbocycles. The van der Waals surface area contributed by atoms with E-state index in [1.54, 1.807) is 6.92 Å². The van der Waals surface area contributed by atoms with Gasteiger partial charge in [-0.2, -0.15) is 0 Å². The van der Waals surface area contributed by atoms with Gasteiger partial charge < -0.3 is 14.8 Å². The maximum Gasteiger partial charge on any atom is 0.348 e. The molecule has 2 aromatic heterocycles. The summed E-state index contributed by atoms with van der Waals surface area (Å²) in [7, 11) is 0. The van der Waals surface area contributed by atoms with Gasteiger partial charge in [0.05, 0.1) is 12.2 Å². The number of esters is 2.